The van der Waals surface area contributed by atoms with E-state index in [0.29, 0.717) is 5.78 Å². The molecule has 1 spiro atoms. The molecule has 0 unspecified atom stereocenters. The predicted octanol–water partition coefficient (Wildman–Crippen LogP) is 1.89. The predicted molar refractivity (Wildman–Crippen MR) is 74.7 cm³/mol. The number of fused-ring (bicyclic) bond motifs is 1. The molecule has 0 atom stereocenters. The Morgan fingerprint density at radius 1 is 1.20 bits per heavy atom. The number of carbonyl (C=O) groups is 1. The largest absolute Gasteiger partial charge is 0.317 e. The molecule has 1 aliphatic heterocycles. The van der Waals surface area contributed by atoms with Crippen LogP contribution in [0.2, 0.25) is 0 Å². The van der Waals surface area contributed by atoms with Crippen LogP contribution in [0.4, 0.5) is 0 Å². The highest BCUT2D eigenvalue weighted by molar-refractivity contribution is 5.97. The molecule has 1 saturated heterocycles. The summed E-state index contributed by atoms with van der Waals surface area (Å²) in [6.07, 6.45) is 9.84. The zero-order chi connectivity index (χ0) is 13.4. The highest BCUT2D eigenvalue weighted by atomic mass is 16.1. The monoisotopic (exact) mass is 271 g/mol. The van der Waals surface area contributed by atoms with Gasteiger partial charge in [-0.2, -0.15) is 5.10 Å². The number of carbonyl (C=O) groups excluding carboxylic acids is 1. The van der Waals surface area contributed by atoms with Crippen molar-refractivity contribution in [2.45, 2.75) is 50.5 Å². The first-order valence-electron chi connectivity index (χ1n) is 8.01. The highest BCUT2D eigenvalue weighted by Gasteiger charge is 2.60. The summed E-state index contributed by atoms with van der Waals surface area (Å²) in [5, 5.41) is 8.06. The number of piperidine rings is 1. The summed E-state index contributed by atoms with van der Waals surface area (Å²) >= 11 is 0. The van der Waals surface area contributed by atoms with Gasteiger partial charge in [-0.3, -0.25) is 9.48 Å². The van der Waals surface area contributed by atoms with Crippen LogP contribution in [-0.2, 0) is 12.0 Å². The van der Waals surface area contributed by atoms with Crippen LogP contribution >= 0.6 is 0 Å². The van der Waals surface area contributed by atoms with E-state index >= 15 is 0 Å². The molecular weight excluding hydrogens is 250 g/mol. The maximum absolute atomic E-state index is 12.8. The number of aromatic nitrogens is 2. The van der Waals surface area contributed by atoms with Crippen LogP contribution in [0.25, 0.3) is 0 Å². The summed E-state index contributed by atoms with van der Waals surface area (Å²) in [5.41, 5.74) is 2.66. The molecule has 4 fully saturated rings. The number of hydrogen-bond acceptors (Lipinski definition) is 3. The van der Waals surface area contributed by atoms with Crippen molar-refractivity contribution in [3.63, 3.8) is 0 Å². The summed E-state index contributed by atoms with van der Waals surface area (Å²) in [5.74, 6) is 1.28. The molecular formula is C16H21N3O. The second kappa shape index (κ2) is 3.53. The third kappa shape index (κ3) is 1.31. The van der Waals surface area contributed by atoms with Gasteiger partial charge in [0.2, 0.25) is 0 Å². The van der Waals surface area contributed by atoms with Gasteiger partial charge in [0.05, 0.1) is 11.7 Å². The van der Waals surface area contributed by atoms with Gasteiger partial charge in [-0.1, -0.05) is 0 Å². The van der Waals surface area contributed by atoms with E-state index in [9.17, 15) is 4.79 Å². The van der Waals surface area contributed by atoms with Crippen LogP contribution in [0.3, 0.4) is 0 Å². The lowest BCUT2D eigenvalue weighted by atomic mass is 9.50. The second-order valence-electron chi connectivity index (χ2n) is 7.66. The lowest BCUT2D eigenvalue weighted by Crippen LogP contribution is -2.60. The normalized spacial score (nSPS) is 37.2. The Hall–Kier alpha value is -1.16. The Bertz CT molecular complexity index is 580. The van der Waals surface area contributed by atoms with Gasteiger partial charge in [-0.25, -0.2) is 0 Å². The van der Waals surface area contributed by atoms with E-state index in [2.05, 4.69) is 15.1 Å². The van der Waals surface area contributed by atoms with Gasteiger partial charge in [0, 0.05) is 12.0 Å². The molecule has 1 aromatic rings. The molecule has 0 radical (unpaired) electrons. The standard InChI is InChI=1S/C16H21N3O/c20-13-9-15(1-3-17-4-2-15)8-12-10-18-19(14(12)13)16-5-11(6-16)7-16/h10-11,17H,1-9H2. The van der Waals surface area contributed by atoms with Crippen molar-refractivity contribution in [1.82, 2.24) is 15.1 Å². The van der Waals surface area contributed by atoms with E-state index in [0.717, 1.165) is 50.4 Å². The Balaban J connectivity index is 1.53. The molecule has 0 amide bonds. The molecule has 6 rings (SSSR count). The SMILES string of the molecule is O=C1CC2(CCNCC2)Cc2cnn(C34CC(C3)C4)c21. The van der Waals surface area contributed by atoms with Crippen molar-refractivity contribution < 1.29 is 4.79 Å². The van der Waals surface area contributed by atoms with Crippen molar-refractivity contribution in [3.8, 4) is 0 Å². The van der Waals surface area contributed by atoms with E-state index in [1.165, 1.54) is 24.8 Å². The second-order valence-corrected chi connectivity index (χ2v) is 7.66. The zero-order valence-electron chi connectivity index (χ0n) is 11.8. The van der Waals surface area contributed by atoms with E-state index in [-0.39, 0.29) is 11.0 Å². The third-order valence-electron chi connectivity index (χ3n) is 6.33. The third-order valence-corrected chi connectivity index (χ3v) is 6.33. The first kappa shape index (κ1) is 11.5. The van der Waals surface area contributed by atoms with Gasteiger partial charge in [0.1, 0.15) is 5.69 Å². The van der Waals surface area contributed by atoms with Crippen LogP contribution in [-0.4, -0.2) is 28.7 Å². The topological polar surface area (TPSA) is 46.9 Å². The average molecular weight is 271 g/mol. The van der Waals surface area contributed by atoms with Gasteiger partial charge in [0.25, 0.3) is 0 Å². The summed E-state index contributed by atoms with van der Waals surface area (Å²) < 4.78 is 2.12. The lowest BCUT2D eigenvalue weighted by molar-refractivity contribution is -0.0990. The quantitative estimate of drug-likeness (QED) is 0.848. The number of nitrogens with zero attached hydrogens (tertiary/aromatic N) is 2. The molecule has 4 heteroatoms. The fourth-order valence-corrected chi connectivity index (χ4v) is 5.06. The average Bonchev–Trinajstić information content (AvgIpc) is 2.70. The van der Waals surface area contributed by atoms with Gasteiger partial charge in [-0.15, -0.1) is 0 Å². The molecule has 20 heavy (non-hydrogen) atoms. The summed E-state index contributed by atoms with van der Waals surface area (Å²) in [4.78, 5) is 12.8. The first-order chi connectivity index (χ1) is 9.70. The fraction of sp³-hybridized carbons (Fsp3) is 0.750. The number of rotatable bonds is 1. The Kier molecular flexibility index (Phi) is 2.03. The minimum absolute atomic E-state index is 0.225. The lowest BCUT2D eigenvalue weighted by Gasteiger charge is -2.61. The maximum atomic E-state index is 12.8. The Labute approximate surface area is 118 Å². The number of ketones is 1. The number of Topliss-reactive ketones (excluding diaryl/α,β-unsaturated/α-hetero) is 1. The summed E-state index contributed by atoms with van der Waals surface area (Å²) in [7, 11) is 0. The van der Waals surface area contributed by atoms with E-state index < -0.39 is 0 Å². The molecule has 1 N–H and O–H groups in total. The van der Waals surface area contributed by atoms with Crippen LogP contribution in [0.5, 0.6) is 0 Å². The number of nitrogens with one attached hydrogen (secondary N) is 1. The Morgan fingerprint density at radius 2 is 1.95 bits per heavy atom. The number of hydrogen-bond donors (Lipinski definition) is 1. The summed E-state index contributed by atoms with van der Waals surface area (Å²) in [6, 6.07) is 0. The van der Waals surface area contributed by atoms with Crippen molar-refractivity contribution >= 4 is 5.78 Å². The van der Waals surface area contributed by atoms with E-state index in [1.54, 1.807) is 0 Å². The van der Waals surface area contributed by atoms with Gasteiger partial charge in [-0.05, 0) is 62.9 Å². The molecule has 106 valence electrons. The molecule has 1 aromatic heterocycles. The minimum Gasteiger partial charge on any atom is -0.317 e. The van der Waals surface area contributed by atoms with E-state index in [1.807, 2.05) is 6.20 Å². The molecule has 2 heterocycles. The molecule has 4 nitrogen and oxygen atoms in total. The van der Waals surface area contributed by atoms with Crippen molar-refractivity contribution in [1.29, 1.82) is 0 Å². The van der Waals surface area contributed by atoms with Crippen molar-refractivity contribution in [3.05, 3.63) is 17.5 Å². The summed E-state index contributed by atoms with van der Waals surface area (Å²) in [6.45, 7) is 2.12. The van der Waals surface area contributed by atoms with Crippen LogP contribution in [0.1, 0.15) is 54.6 Å². The molecule has 3 saturated carbocycles. The zero-order valence-corrected chi connectivity index (χ0v) is 11.8. The molecule has 0 aromatic carbocycles. The fourth-order valence-electron chi connectivity index (χ4n) is 5.06. The van der Waals surface area contributed by atoms with Crippen molar-refractivity contribution in [2.75, 3.05) is 13.1 Å². The van der Waals surface area contributed by atoms with Gasteiger partial charge >= 0.3 is 0 Å². The molecule has 5 aliphatic rings. The first-order valence-corrected chi connectivity index (χ1v) is 8.01. The van der Waals surface area contributed by atoms with Crippen molar-refractivity contribution in [2.24, 2.45) is 11.3 Å². The molecule has 2 bridgehead atoms. The highest BCUT2D eigenvalue weighted by Crippen LogP contribution is 2.62. The molecule has 4 aliphatic carbocycles. The Morgan fingerprint density at radius 3 is 2.60 bits per heavy atom. The van der Waals surface area contributed by atoms with Crippen LogP contribution in [0, 0.1) is 11.3 Å². The van der Waals surface area contributed by atoms with Gasteiger partial charge < -0.3 is 5.32 Å². The van der Waals surface area contributed by atoms with E-state index in [4.69, 9.17) is 0 Å². The maximum Gasteiger partial charge on any atom is 0.181 e. The minimum atomic E-state index is 0.225. The van der Waals surface area contributed by atoms with Crippen LogP contribution < -0.4 is 5.32 Å². The van der Waals surface area contributed by atoms with Gasteiger partial charge in [0.15, 0.2) is 5.78 Å². The van der Waals surface area contributed by atoms with Crippen LogP contribution in [0.15, 0.2) is 6.20 Å². The smallest absolute Gasteiger partial charge is 0.181 e.